The summed E-state index contributed by atoms with van der Waals surface area (Å²) in [6.45, 7) is 1.56. The second-order valence-electron chi connectivity index (χ2n) is 5.34. The van der Waals surface area contributed by atoms with Crippen molar-refractivity contribution in [3.63, 3.8) is 0 Å². The zero-order valence-electron chi connectivity index (χ0n) is 13.2. The maximum atomic E-state index is 10.9. The van der Waals surface area contributed by atoms with Crippen LogP contribution in [-0.4, -0.2) is 19.7 Å². The molecule has 3 nitrogen and oxygen atoms in total. The lowest BCUT2D eigenvalue weighted by atomic mass is 10.1. The van der Waals surface area contributed by atoms with Crippen LogP contribution < -0.4 is 0 Å². The van der Waals surface area contributed by atoms with E-state index in [2.05, 4.69) is 16.9 Å². The van der Waals surface area contributed by atoms with Crippen LogP contribution in [0.15, 0.2) is 30.3 Å². The predicted octanol–water partition coefficient (Wildman–Crippen LogP) is 4.50. The van der Waals surface area contributed by atoms with Crippen molar-refractivity contribution in [1.29, 1.82) is 0 Å². The van der Waals surface area contributed by atoms with Crippen LogP contribution >= 0.6 is 0 Å². The molecule has 0 atom stereocenters. The number of carbonyl (C=O) groups is 1. The normalized spacial score (nSPS) is 10.5. The Morgan fingerprint density at radius 2 is 1.52 bits per heavy atom. The molecule has 0 aliphatic heterocycles. The largest absolute Gasteiger partial charge is 0.469 e. The van der Waals surface area contributed by atoms with Gasteiger partial charge in [-0.25, -0.2) is 0 Å². The minimum absolute atomic E-state index is 0.0921. The van der Waals surface area contributed by atoms with Gasteiger partial charge in [-0.2, -0.15) is 0 Å². The Kier molecular flexibility index (Phi) is 10.4. The highest BCUT2D eigenvalue weighted by atomic mass is 16.5. The molecule has 0 aliphatic rings. The van der Waals surface area contributed by atoms with Gasteiger partial charge < -0.3 is 9.47 Å². The molecule has 1 aromatic carbocycles. The van der Waals surface area contributed by atoms with E-state index in [4.69, 9.17) is 4.74 Å². The Hall–Kier alpha value is -1.35. The minimum Gasteiger partial charge on any atom is -0.469 e. The summed E-state index contributed by atoms with van der Waals surface area (Å²) in [7, 11) is 1.45. The third-order valence-electron chi connectivity index (χ3n) is 3.51. The fourth-order valence-corrected chi connectivity index (χ4v) is 2.22. The molecule has 0 aliphatic carbocycles. The van der Waals surface area contributed by atoms with Crippen LogP contribution in [0.2, 0.25) is 0 Å². The van der Waals surface area contributed by atoms with Crippen LogP contribution in [-0.2, 0) is 20.9 Å². The highest BCUT2D eigenvalue weighted by Crippen LogP contribution is 2.09. The fraction of sp³-hybridized carbons (Fsp3) is 0.611. The lowest BCUT2D eigenvalue weighted by Gasteiger charge is -2.04. The molecule has 0 unspecified atom stereocenters. The molecule has 0 bridgehead atoms. The third-order valence-corrected chi connectivity index (χ3v) is 3.51. The van der Waals surface area contributed by atoms with Gasteiger partial charge in [0.05, 0.1) is 13.7 Å². The third kappa shape index (κ3) is 10.1. The lowest BCUT2D eigenvalue weighted by molar-refractivity contribution is -0.140. The van der Waals surface area contributed by atoms with Crippen LogP contribution in [0.3, 0.4) is 0 Å². The number of ether oxygens (including phenoxy) is 2. The SMILES string of the molecule is COC(=O)CCCCCCCCCOCc1ccccc1. The van der Waals surface area contributed by atoms with Gasteiger partial charge in [-0.3, -0.25) is 4.79 Å². The Bertz CT molecular complexity index is 362. The van der Waals surface area contributed by atoms with Crippen LogP contribution in [0.5, 0.6) is 0 Å². The molecule has 21 heavy (non-hydrogen) atoms. The van der Waals surface area contributed by atoms with Crippen LogP contribution in [0.4, 0.5) is 0 Å². The van der Waals surface area contributed by atoms with E-state index in [1.807, 2.05) is 18.2 Å². The van der Waals surface area contributed by atoms with E-state index in [1.54, 1.807) is 0 Å². The molecular weight excluding hydrogens is 264 g/mol. The molecule has 0 spiro atoms. The van der Waals surface area contributed by atoms with Crippen molar-refractivity contribution in [3.8, 4) is 0 Å². The molecule has 0 heterocycles. The molecule has 0 saturated heterocycles. The van der Waals surface area contributed by atoms with Crippen LogP contribution in [0.1, 0.15) is 56.9 Å². The highest BCUT2D eigenvalue weighted by Gasteiger charge is 1.99. The Morgan fingerprint density at radius 3 is 2.19 bits per heavy atom. The van der Waals surface area contributed by atoms with Crippen molar-refractivity contribution in [3.05, 3.63) is 35.9 Å². The summed E-state index contributed by atoms with van der Waals surface area (Å²) in [4.78, 5) is 10.9. The molecule has 0 fully saturated rings. The number of benzene rings is 1. The second kappa shape index (κ2) is 12.4. The highest BCUT2D eigenvalue weighted by molar-refractivity contribution is 5.68. The molecule has 0 aromatic heterocycles. The summed E-state index contributed by atoms with van der Waals surface area (Å²) in [5.41, 5.74) is 1.24. The summed E-state index contributed by atoms with van der Waals surface area (Å²) in [5, 5.41) is 0. The first kappa shape index (κ1) is 17.7. The van der Waals surface area contributed by atoms with Crippen molar-refractivity contribution < 1.29 is 14.3 Å². The lowest BCUT2D eigenvalue weighted by Crippen LogP contribution is -1.99. The van der Waals surface area contributed by atoms with Gasteiger partial charge >= 0.3 is 5.97 Å². The summed E-state index contributed by atoms with van der Waals surface area (Å²) >= 11 is 0. The number of hydrogen-bond acceptors (Lipinski definition) is 3. The summed E-state index contributed by atoms with van der Waals surface area (Å²) in [6, 6.07) is 10.3. The van der Waals surface area contributed by atoms with Gasteiger partial charge in [-0.15, -0.1) is 0 Å². The molecule has 1 aromatic rings. The molecule has 0 saturated carbocycles. The smallest absolute Gasteiger partial charge is 0.305 e. The van der Waals surface area contributed by atoms with Crippen molar-refractivity contribution in [2.45, 2.75) is 58.0 Å². The molecular formula is C18H28O3. The molecule has 0 N–H and O–H groups in total. The van der Waals surface area contributed by atoms with Crippen molar-refractivity contribution in [2.75, 3.05) is 13.7 Å². The molecule has 0 radical (unpaired) electrons. The van der Waals surface area contributed by atoms with Crippen molar-refractivity contribution >= 4 is 5.97 Å². The topological polar surface area (TPSA) is 35.5 Å². The standard InChI is InChI=1S/C18H28O3/c1-20-18(19)14-10-5-3-2-4-6-11-15-21-16-17-12-8-7-9-13-17/h7-9,12-13H,2-6,10-11,14-16H2,1H3. The van der Waals surface area contributed by atoms with Gasteiger partial charge in [0.15, 0.2) is 0 Å². The fourth-order valence-electron chi connectivity index (χ4n) is 2.22. The predicted molar refractivity (Wildman–Crippen MR) is 85.1 cm³/mol. The van der Waals surface area contributed by atoms with Gasteiger partial charge in [0, 0.05) is 13.0 Å². The maximum Gasteiger partial charge on any atom is 0.305 e. The van der Waals surface area contributed by atoms with E-state index >= 15 is 0 Å². The quantitative estimate of drug-likeness (QED) is 0.420. The number of unbranched alkanes of at least 4 members (excludes halogenated alkanes) is 6. The number of carbonyl (C=O) groups excluding carboxylic acids is 1. The van der Waals surface area contributed by atoms with Crippen LogP contribution in [0.25, 0.3) is 0 Å². The van der Waals surface area contributed by atoms with Crippen molar-refractivity contribution in [1.82, 2.24) is 0 Å². The summed E-state index contributed by atoms with van der Waals surface area (Å²) in [6.07, 6.45) is 8.71. The summed E-state index contributed by atoms with van der Waals surface area (Å²) in [5.74, 6) is -0.0921. The first-order valence-corrected chi connectivity index (χ1v) is 8.01. The molecule has 1 rings (SSSR count). The number of esters is 1. The molecule has 118 valence electrons. The van der Waals surface area contributed by atoms with E-state index < -0.39 is 0 Å². The zero-order valence-corrected chi connectivity index (χ0v) is 13.2. The minimum atomic E-state index is -0.0921. The van der Waals surface area contributed by atoms with Crippen molar-refractivity contribution in [2.24, 2.45) is 0 Å². The average Bonchev–Trinajstić information content (AvgIpc) is 2.53. The Morgan fingerprint density at radius 1 is 0.905 bits per heavy atom. The Balaban J connectivity index is 1.80. The van der Waals surface area contributed by atoms with Gasteiger partial charge in [-0.1, -0.05) is 62.4 Å². The number of methoxy groups -OCH3 is 1. The summed E-state index contributed by atoms with van der Waals surface area (Å²) < 4.78 is 10.3. The second-order valence-corrected chi connectivity index (χ2v) is 5.34. The number of hydrogen-bond donors (Lipinski definition) is 0. The van der Waals surface area contributed by atoms with Gasteiger partial charge in [0.1, 0.15) is 0 Å². The first-order chi connectivity index (χ1) is 10.3. The Labute approximate surface area is 128 Å². The van der Waals surface area contributed by atoms with E-state index in [0.717, 1.165) is 25.9 Å². The zero-order chi connectivity index (χ0) is 15.2. The monoisotopic (exact) mass is 292 g/mol. The van der Waals surface area contributed by atoms with E-state index in [9.17, 15) is 4.79 Å². The van der Waals surface area contributed by atoms with E-state index in [0.29, 0.717) is 13.0 Å². The van der Waals surface area contributed by atoms with Gasteiger partial charge in [0.2, 0.25) is 0 Å². The molecule has 0 amide bonds. The maximum absolute atomic E-state index is 10.9. The van der Waals surface area contributed by atoms with E-state index in [-0.39, 0.29) is 5.97 Å². The first-order valence-electron chi connectivity index (χ1n) is 8.01. The number of rotatable bonds is 12. The molecule has 3 heteroatoms. The van der Waals surface area contributed by atoms with E-state index in [1.165, 1.54) is 38.4 Å². The van der Waals surface area contributed by atoms with Gasteiger partial charge in [-0.05, 0) is 18.4 Å². The average molecular weight is 292 g/mol. The van der Waals surface area contributed by atoms with Crippen LogP contribution in [0, 0.1) is 0 Å². The van der Waals surface area contributed by atoms with Gasteiger partial charge in [0.25, 0.3) is 0 Å².